The summed E-state index contributed by atoms with van der Waals surface area (Å²) in [6, 6.07) is 4.49. The Labute approximate surface area is 160 Å². The standard InChI is InChI=1S/C14H20N4O7S2/c1-3-7-26-11-4-5-13(18(20)21)12(9-11)16-10-17-25-27(22,23)8-6-15-14(19)24-2/h4-5,9-10H,3,6-8H2,1-2H3,(H,15,19)(H,16,17). The van der Waals surface area contributed by atoms with E-state index in [1.54, 1.807) is 6.07 Å². The van der Waals surface area contributed by atoms with Crippen LogP contribution in [0.1, 0.15) is 13.3 Å². The molecular weight excluding hydrogens is 400 g/mol. The van der Waals surface area contributed by atoms with Crippen LogP contribution in [-0.2, 0) is 19.1 Å². The van der Waals surface area contributed by atoms with Gasteiger partial charge < -0.3 is 10.1 Å². The van der Waals surface area contributed by atoms with E-state index in [0.717, 1.165) is 30.5 Å². The molecule has 11 nitrogen and oxygen atoms in total. The first-order valence-electron chi connectivity index (χ1n) is 7.71. The highest BCUT2D eigenvalue weighted by Gasteiger charge is 2.14. The van der Waals surface area contributed by atoms with Gasteiger partial charge in [0, 0.05) is 17.5 Å². The summed E-state index contributed by atoms with van der Waals surface area (Å²) in [5, 5.41) is 13.3. The van der Waals surface area contributed by atoms with Crippen molar-refractivity contribution >= 4 is 45.7 Å². The zero-order valence-corrected chi connectivity index (χ0v) is 16.3. The number of alkyl carbamates (subject to hydrolysis) is 1. The molecule has 0 aliphatic heterocycles. The Morgan fingerprint density at radius 1 is 1.44 bits per heavy atom. The van der Waals surface area contributed by atoms with Crippen molar-refractivity contribution in [2.75, 3.05) is 25.2 Å². The van der Waals surface area contributed by atoms with Crippen LogP contribution in [0.4, 0.5) is 16.2 Å². The quantitative estimate of drug-likeness (QED) is 0.180. The average Bonchev–Trinajstić information content (AvgIpc) is 2.63. The van der Waals surface area contributed by atoms with Crippen LogP contribution in [0, 0.1) is 10.1 Å². The molecule has 0 saturated carbocycles. The first-order valence-corrected chi connectivity index (χ1v) is 10.3. The van der Waals surface area contributed by atoms with Crippen molar-refractivity contribution in [1.82, 2.24) is 10.8 Å². The molecule has 0 bridgehead atoms. The molecular formula is C14H20N4O7S2. The molecule has 0 aromatic heterocycles. The normalized spacial score (nSPS) is 11.3. The number of rotatable bonds is 11. The Morgan fingerprint density at radius 3 is 2.81 bits per heavy atom. The highest BCUT2D eigenvalue weighted by Crippen LogP contribution is 2.32. The second-order valence-electron chi connectivity index (χ2n) is 4.90. The lowest BCUT2D eigenvalue weighted by molar-refractivity contribution is -0.384. The number of nitro groups is 1. The van der Waals surface area contributed by atoms with Crippen LogP contribution in [0.3, 0.4) is 0 Å². The minimum atomic E-state index is -4.00. The van der Waals surface area contributed by atoms with Crippen molar-refractivity contribution in [2.24, 2.45) is 4.99 Å². The van der Waals surface area contributed by atoms with Gasteiger partial charge in [-0.05, 0) is 24.3 Å². The van der Waals surface area contributed by atoms with Gasteiger partial charge in [-0.25, -0.2) is 15.3 Å². The van der Waals surface area contributed by atoms with Crippen molar-refractivity contribution in [3.05, 3.63) is 28.3 Å². The fraction of sp³-hybridized carbons (Fsp3) is 0.429. The van der Waals surface area contributed by atoms with Crippen LogP contribution in [0.25, 0.3) is 0 Å². The molecule has 150 valence electrons. The van der Waals surface area contributed by atoms with Gasteiger partial charge in [0.1, 0.15) is 12.0 Å². The third kappa shape index (κ3) is 8.70. The second-order valence-corrected chi connectivity index (χ2v) is 7.75. The summed E-state index contributed by atoms with van der Waals surface area (Å²) >= 11 is 1.52. The van der Waals surface area contributed by atoms with Gasteiger partial charge in [-0.15, -0.1) is 11.8 Å². The monoisotopic (exact) mass is 420 g/mol. The number of thioether (sulfide) groups is 1. The van der Waals surface area contributed by atoms with Crippen LogP contribution in [-0.4, -0.2) is 50.9 Å². The SMILES string of the molecule is CCCSc1ccc([N+](=O)[O-])c(N=CNOS(=O)(=O)CCNC(=O)OC)c1. The molecule has 1 aromatic carbocycles. The van der Waals surface area contributed by atoms with Gasteiger partial charge in [0.2, 0.25) is 0 Å². The summed E-state index contributed by atoms with van der Waals surface area (Å²) in [6.45, 7) is 1.80. The first-order chi connectivity index (χ1) is 12.8. The molecule has 1 rings (SSSR count). The van der Waals surface area contributed by atoms with Crippen LogP contribution < -0.4 is 10.8 Å². The highest BCUT2D eigenvalue weighted by molar-refractivity contribution is 7.99. The Bertz CT molecular complexity index is 784. The number of nitrogens with zero attached hydrogens (tertiary/aromatic N) is 2. The minimum Gasteiger partial charge on any atom is -0.453 e. The van der Waals surface area contributed by atoms with E-state index in [4.69, 9.17) is 0 Å². The number of aliphatic imine (C=N–C) groups is 1. The molecule has 0 saturated heterocycles. The zero-order chi connectivity index (χ0) is 20.3. The van der Waals surface area contributed by atoms with Crippen LogP contribution >= 0.6 is 11.8 Å². The number of amides is 1. The molecule has 0 spiro atoms. The number of nitrogens with one attached hydrogen (secondary N) is 2. The van der Waals surface area contributed by atoms with Crippen molar-refractivity contribution < 1.29 is 27.2 Å². The second kappa shape index (κ2) is 11.4. The Morgan fingerprint density at radius 2 is 2.19 bits per heavy atom. The van der Waals surface area contributed by atoms with Gasteiger partial charge in [0.15, 0.2) is 0 Å². The van der Waals surface area contributed by atoms with Crippen molar-refractivity contribution in [2.45, 2.75) is 18.2 Å². The van der Waals surface area contributed by atoms with E-state index < -0.39 is 26.9 Å². The summed E-state index contributed by atoms with van der Waals surface area (Å²) in [5.74, 6) is 0.340. The maximum Gasteiger partial charge on any atom is 0.406 e. The molecule has 0 unspecified atom stereocenters. The molecule has 1 amide bonds. The third-order valence-electron chi connectivity index (χ3n) is 2.85. The summed E-state index contributed by atoms with van der Waals surface area (Å²) in [6.07, 6.45) is 1.06. The highest BCUT2D eigenvalue weighted by atomic mass is 32.2. The van der Waals surface area contributed by atoms with E-state index in [-0.39, 0.29) is 17.9 Å². The van der Waals surface area contributed by atoms with Crippen LogP contribution in [0.15, 0.2) is 28.1 Å². The summed E-state index contributed by atoms with van der Waals surface area (Å²) < 4.78 is 32.0. The van der Waals surface area contributed by atoms with Gasteiger partial charge in [0.25, 0.3) is 15.8 Å². The molecule has 0 atom stereocenters. The predicted molar refractivity (Wildman–Crippen MR) is 101 cm³/mol. The summed E-state index contributed by atoms with van der Waals surface area (Å²) in [4.78, 5) is 26.0. The van der Waals surface area contributed by atoms with E-state index in [2.05, 4.69) is 19.3 Å². The smallest absolute Gasteiger partial charge is 0.406 e. The molecule has 27 heavy (non-hydrogen) atoms. The first kappa shape index (κ1) is 22.7. The van der Waals surface area contributed by atoms with Gasteiger partial charge >= 0.3 is 6.09 Å². The maximum absolute atomic E-state index is 11.6. The predicted octanol–water partition coefficient (Wildman–Crippen LogP) is 1.96. The van der Waals surface area contributed by atoms with E-state index in [1.807, 2.05) is 12.4 Å². The van der Waals surface area contributed by atoms with Crippen LogP contribution in [0.2, 0.25) is 0 Å². The molecule has 13 heteroatoms. The van der Waals surface area contributed by atoms with Crippen LogP contribution in [0.5, 0.6) is 0 Å². The number of hydrogen-bond acceptors (Lipinski definition) is 9. The van der Waals surface area contributed by atoms with Crippen molar-refractivity contribution in [1.29, 1.82) is 0 Å². The largest absolute Gasteiger partial charge is 0.453 e. The Balaban J connectivity index is 2.67. The van der Waals surface area contributed by atoms with Gasteiger partial charge in [-0.2, -0.15) is 12.7 Å². The minimum absolute atomic E-state index is 0.0574. The molecule has 1 aromatic rings. The van der Waals surface area contributed by atoms with E-state index in [1.165, 1.54) is 23.9 Å². The van der Waals surface area contributed by atoms with Crippen molar-refractivity contribution in [3.8, 4) is 0 Å². The maximum atomic E-state index is 11.6. The molecule has 0 aliphatic rings. The molecule has 2 N–H and O–H groups in total. The van der Waals surface area contributed by atoms with Crippen molar-refractivity contribution in [3.63, 3.8) is 0 Å². The van der Waals surface area contributed by atoms with E-state index in [9.17, 15) is 23.3 Å². The number of nitro benzene ring substituents is 1. The lowest BCUT2D eigenvalue weighted by Gasteiger charge is -2.05. The number of benzene rings is 1. The number of methoxy groups -OCH3 is 1. The fourth-order valence-corrected chi connectivity index (χ4v) is 3.08. The number of hydrogen-bond donors (Lipinski definition) is 2. The van der Waals surface area contributed by atoms with Gasteiger partial charge in [-0.1, -0.05) is 6.92 Å². The molecule has 0 fully saturated rings. The van der Waals surface area contributed by atoms with E-state index >= 15 is 0 Å². The Hall–Kier alpha value is -2.38. The fourth-order valence-electron chi connectivity index (χ4n) is 1.65. The van der Waals surface area contributed by atoms with Gasteiger partial charge in [-0.3, -0.25) is 10.1 Å². The lowest BCUT2D eigenvalue weighted by Crippen LogP contribution is -2.31. The topological polar surface area (TPSA) is 149 Å². The lowest BCUT2D eigenvalue weighted by atomic mass is 10.3. The molecule has 0 radical (unpaired) electrons. The average molecular weight is 420 g/mol. The third-order valence-corrected chi connectivity index (χ3v) is 5.11. The number of ether oxygens (including phenoxy) is 1. The van der Waals surface area contributed by atoms with E-state index in [0.29, 0.717) is 0 Å². The molecule has 0 heterocycles. The zero-order valence-electron chi connectivity index (χ0n) is 14.7. The number of hydroxylamine groups is 1. The molecule has 0 aliphatic carbocycles. The number of carbonyl (C=O) groups is 1. The summed E-state index contributed by atoms with van der Waals surface area (Å²) in [7, 11) is -2.85. The van der Waals surface area contributed by atoms with Gasteiger partial charge in [0.05, 0.1) is 17.8 Å². The number of carbonyl (C=O) groups excluding carboxylic acids is 1. The summed E-state index contributed by atoms with van der Waals surface area (Å²) in [5.41, 5.74) is 1.84. The Kier molecular flexibility index (Phi) is 9.53.